The van der Waals surface area contributed by atoms with Gasteiger partial charge in [0.2, 0.25) is 0 Å². The van der Waals surface area contributed by atoms with Crippen LogP contribution in [0.4, 0.5) is 17.2 Å². The number of carbonyl (C=O) groups is 1. The van der Waals surface area contributed by atoms with Gasteiger partial charge in [0.1, 0.15) is 11.9 Å². The summed E-state index contributed by atoms with van der Waals surface area (Å²) in [4.78, 5) is 28.9. The van der Waals surface area contributed by atoms with Gasteiger partial charge >= 0.3 is 0 Å². The Kier molecular flexibility index (Phi) is 6.32. The molecule has 1 N–H and O–H groups in total. The first-order valence-electron chi connectivity index (χ1n) is 14.3. The Morgan fingerprint density at radius 2 is 1.92 bits per heavy atom. The maximum absolute atomic E-state index is 12.2. The number of ether oxygens (including phenoxy) is 2. The minimum Gasteiger partial charge on any atom is -0.482 e. The number of morpholine rings is 1. The second kappa shape index (κ2) is 10.00. The first-order valence-corrected chi connectivity index (χ1v) is 14.3. The molecule has 1 amide bonds. The van der Waals surface area contributed by atoms with E-state index in [1.807, 2.05) is 11.1 Å². The third-order valence-corrected chi connectivity index (χ3v) is 8.78. The summed E-state index contributed by atoms with van der Waals surface area (Å²) < 4.78 is 12.3. The van der Waals surface area contributed by atoms with Crippen LogP contribution in [0, 0.1) is 11.8 Å². The number of nitrogens with one attached hydrogen (secondary N) is 1. The number of carbonyl (C=O) groups excluding carboxylic acids is 1. The molecule has 7 rings (SSSR count). The van der Waals surface area contributed by atoms with E-state index in [1.165, 1.54) is 5.69 Å². The zero-order chi connectivity index (χ0) is 26.5. The summed E-state index contributed by atoms with van der Waals surface area (Å²) in [5.74, 6) is 7.96. The van der Waals surface area contributed by atoms with Crippen LogP contribution in [0.25, 0.3) is 0 Å². The minimum absolute atomic E-state index is 0.0514. The molecule has 4 aliphatic heterocycles. The fraction of sp³-hybridized carbons (Fsp3) is 0.567. The van der Waals surface area contributed by atoms with Crippen LogP contribution in [0.2, 0.25) is 0 Å². The molecule has 0 unspecified atom stereocenters. The average Bonchev–Trinajstić information content (AvgIpc) is 3.68. The lowest BCUT2D eigenvalue weighted by Gasteiger charge is -2.43. The minimum atomic E-state index is -0.143. The number of likely N-dealkylation sites (tertiary alicyclic amines) is 2. The van der Waals surface area contributed by atoms with E-state index in [-0.39, 0.29) is 12.0 Å². The van der Waals surface area contributed by atoms with E-state index in [4.69, 9.17) is 19.4 Å². The number of nitrogens with zero attached hydrogens (tertiary/aromatic N) is 5. The van der Waals surface area contributed by atoms with Crippen LogP contribution in [0.15, 0.2) is 18.3 Å². The Bertz CT molecular complexity index is 1340. The van der Waals surface area contributed by atoms with Crippen molar-refractivity contribution in [2.45, 2.75) is 57.1 Å². The number of rotatable bonds is 4. The Morgan fingerprint density at radius 3 is 2.69 bits per heavy atom. The largest absolute Gasteiger partial charge is 0.482 e. The Balaban J connectivity index is 1.13. The molecule has 0 bridgehead atoms. The van der Waals surface area contributed by atoms with Gasteiger partial charge in [-0.2, -0.15) is 0 Å². The van der Waals surface area contributed by atoms with Crippen LogP contribution in [0.1, 0.15) is 68.0 Å². The van der Waals surface area contributed by atoms with Crippen molar-refractivity contribution in [2.75, 3.05) is 62.7 Å². The Hall–Kier alpha value is -3.35. The number of anilines is 3. The van der Waals surface area contributed by atoms with Crippen molar-refractivity contribution >= 4 is 23.1 Å². The van der Waals surface area contributed by atoms with E-state index in [0.29, 0.717) is 17.9 Å². The first kappa shape index (κ1) is 24.7. The number of aromatic nitrogens is 2. The van der Waals surface area contributed by atoms with Crippen LogP contribution < -0.4 is 15.0 Å². The molecule has 9 heteroatoms. The molecule has 0 spiro atoms. The summed E-state index contributed by atoms with van der Waals surface area (Å²) in [6, 6.07) is 4.70. The number of fused-ring (bicyclic) bond motifs is 2. The second-order valence-electron chi connectivity index (χ2n) is 11.4. The third-order valence-electron chi connectivity index (χ3n) is 8.78. The van der Waals surface area contributed by atoms with Gasteiger partial charge in [0, 0.05) is 74.7 Å². The number of pyridine rings is 2. The normalized spacial score (nSPS) is 24.9. The van der Waals surface area contributed by atoms with Crippen LogP contribution in [-0.2, 0) is 9.53 Å². The molecule has 2 atom stereocenters. The quantitative estimate of drug-likeness (QED) is 0.605. The van der Waals surface area contributed by atoms with Gasteiger partial charge in [-0.1, -0.05) is 5.92 Å². The lowest BCUT2D eigenvalue weighted by molar-refractivity contribution is -0.124. The molecule has 9 nitrogen and oxygen atoms in total. The predicted octanol–water partition coefficient (Wildman–Crippen LogP) is 3.41. The van der Waals surface area contributed by atoms with E-state index in [2.05, 4.69) is 46.0 Å². The summed E-state index contributed by atoms with van der Waals surface area (Å²) in [5.41, 5.74) is 5.47. The van der Waals surface area contributed by atoms with Crippen molar-refractivity contribution in [2.24, 2.45) is 0 Å². The van der Waals surface area contributed by atoms with E-state index >= 15 is 0 Å². The van der Waals surface area contributed by atoms with Crippen LogP contribution >= 0.6 is 0 Å². The summed E-state index contributed by atoms with van der Waals surface area (Å²) in [6.07, 6.45) is 5.08. The zero-order valence-corrected chi connectivity index (χ0v) is 22.8. The molecular weight excluding hydrogens is 492 g/mol. The summed E-state index contributed by atoms with van der Waals surface area (Å²) in [5, 5.41) is 3.67. The molecule has 4 fully saturated rings. The molecule has 39 heavy (non-hydrogen) atoms. The molecule has 3 saturated heterocycles. The van der Waals surface area contributed by atoms with Crippen molar-refractivity contribution < 1.29 is 14.3 Å². The lowest BCUT2D eigenvalue weighted by atomic mass is 9.92. The van der Waals surface area contributed by atoms with E-state index in [1.54, 1.807) is 6.92 Å². The summed E-state index contributed by atoms with van der Waals surface area (Å²) in [6.45, 7) is 10.5. The highest BCUT2D eigenvalue weighted by molar-refractivity contribution is 5.93. The standard InChI is InChI=1S/C30H36N6O3/c1-3-4-26(37)35-10-8-22(18-35)36-16-21(17-36)23-15-24-29(28(32-23)20-5-6-20)39-19(2)27-25(7-9-31-30(27)33-24)34-11-13-38-14-12-34/h7,9,15,19-22H,5-6,8,10-14,16-18H2,1-2H3,(H,31,33)/t19-,22+/m0/s1. The van der Waals surface area contributed by atoms with Gasteiger partial charge in [-0.05, 0) is 51.2 Å². The monoisotopic (exact) mass is 528 g/mol. The zero-order valence-electron chi connectivity index (χ0n) is 22.8. The molecule has 2 aromatic rings. The van der Waals surface area contributed by atoms with Crippen molar-refractivity contribution in [3.05, 3.63) is 35.3 Å². The summed E-state index contributed by atoms with van der Waals surface area (Å²) in [7, 11) is 0. The number of hydrogen-bond acceptors (Lipinski definition) is 8. The molecule has 1 saturated carbocycles. The Morgan fingerprint density at radius 1 is 1.10 bits per heavy atom. The van der Waals surface area contributed by atoms with E-state index in [0.717, 1.165) is 106 Å². The first-order chi connectivity index (χ1) is 19.1. The van der Waals surface area contributed by atoms with Crippen LogP contribution in [-0.4, -0.2) is 84.2 Å². The molecular formula is C30H36N6O3. The van der Waals surface area contributed by atoms with Crippen molar-refractivity contribution in [1.29, 1.82) is 0 Å². The molecule has 0 aromatic carbocycles. The van der Waals surface area contributed by atoms with Gasteiger partial charge in [-0.3, -0.25) is 14.7 Å². The molecule has 204 valence electrons. The van der Waals surface area contributed by atoms with Gasteiger partial charge in [0.25, 0.3) is 5.91 Å². The van der Waals surface area contributed by atoms with Gasteiger partial charge < -0.3 is 24.6 Å². The smallest absolute Gasteiger partial charge is 0.298 e. The molecule has 1 aliphatic carbocycles. The molecule has 5 aliphatic rings. The highest BCUT2D eigenvalue weighted by Crippen LogP contribution is 2.51. The third kappa shape index (κ3) is 4.60. The van der Waals surface area contributed by atoms with Gasteiger partial charge in [-0.15, -0.1) is 0 Å². The highest BCUT2D eigenvalue weighted by atomic mass is 16.5. The highest BCUT2D eigenvalue weighted by Gasteiger charge is 2.40. The van der Waals surface area contributed by atoms with Crippen molar-refractivity contribution in [3.8, 4) is 17.6 Å². The summed E-state index contributed by atoms with van der Waals surface area (Å²) >= 11 is 0. The second-order valence-corrected chi connectivity index (χ2v) is 11.4. The van der Waals surface area contributed by atoms with E-state index in [9.17, 15) is 4.79 Å². The number of amides is 1. The van der Waals surface area contributed by atoms with Gasteiger partial charge in [0.05, 0.1) is 30.2 Å². The maximum atomic E-state index is 12.2. The lowest BCUT2D eigenvalue weighted by Crippen LogP contribution is -2.52. The molecule has 6 heterocycles. The Labute approximate surface area is 229 Å². The van der Waals surface area contributed by atoms with Crippen molar-refractivity contribution in [3.63, 3.8) is 0 Å². The van der Waals surface area contributed by atoms with Crippen LogP contribution in [0.5, 0.6) is 5.75 Å². The SMILES string of the molecule is CC#CC(=O)N1CC[C@@H](N2CC(c3cc4c(c(C5CC5)n3)O[C@@H](C)c3c(N5CCOCC5)ccnc3N4)C2)C1. The fourth-order valence-electron chi connectivity index (χ4n) is 6.45. The number of hydrogen-bond donors (Lipinski definition) is 1. The van der Waals surface area contributed by atoms with Crippen LogP contribution in [0.3, 0.4) is 0 Å². The predicted molar refractivity (Wildman–Crippen MR) is 149 cm³/mol. The fourth-order valence-corrected chi connectivity index (χ4v) is 6.45. The molecule has 2 aromatic heterocycles. The van der Waals surface area contributed by atoms with Gasteiger partial charge in [0.15, 0.2) is 5.75 Å². The topological polar surface area (TPSA) is 83.1 Å². The van der Waals surface area contributed by atoms with E-state index < -0.39 is 0 Å². The average molecular weight is 529 g/mol. The van der Waals surface area contributed by atoms with Crippen molar-refractivity contribution in [1.82, 2.24) is 19.8 Å². The van der Waals surface area contributed by atoms with Gasteiger partial charge in [-0.25, -0.2) is 4.98 Å². The maximum Gasteiger partial charge on any atom is 0.298 e. The molecule has 0 radical (unpaired) electrons.